The van der Waals surface area contributed by atoms with Gasteiger partial charge in [0, 0.05) is 12.2 Å². The van der Waals surface area contributed by atoms with Crippen molar-refractivity contribution in [2.45, 2.75) is 37.2 Å². The Morgan fingerprint density at radius 1 is 1.45 bits per heavy atom. The van der Waals surface area contributed by atoms with Crippen LogP contribution < -0.4 is 10.0 Å². The van der Waals surface area contributed by atoms with Crippen LogP contribution in [0.5, 0.6) is 0 Å². The summed E-state index contributed by atoms with van der Waals surface area (Å²) in [7, 11) is -3.69. The predicted octanol–water partition coefficient (Wildman–Crippen LogP) is 0.620. The molecule has 0 saturated carbocycles. The highest BCUT2D eigenvalue weighted by atomic mass is 32.2. The minimum Gasteiger partial charge on any atom is -0.389 e. The number of benzene rings is 1. The van der Waals surface area contributed by atoms with Crippen LogP contribution >= 0.6 is 0 Å². The number of aliphatic hydroxyl groups is 1. The Bertz CT molecular complexity index is 638. The number of sulfonamides is 1. The standard InChI is InChI=1S/C13H18N2O4S/c1-3-13(2,17)8-14-20(18,19)10-4-5-11-9(6-10)7-12(16)15-11/h4-6,14,17H,3,7-8H2,1-2H3,(H,15,16). The summed E-state index contributed by atoms with van der Waals surface area (Å²) in [4.78, 5) is 11.3. The van der Waals surface area contributed by atoms with Gasteiger partial charge < -0.3 is 10.4 Å². The fourth-order valence-corrected chi connectivity index (χ4v) is 3.04. The van der Waals surface area contributed by atoms with E-state index in [0.717, 1.165) is 0 Å². The highest BCUT2D eigenvalue weighted by Crippen LogP contribution is 2.25. The largest absolute Gasteiger partial charge is 0.389 e. The quantitative estimate of drug-likeness (QED) is 0.742. The number of amides is 1. The lowest BCUT2D eigenvalue weighted by Crippen LogP contribution is -2.40. The molecule has 7 heteroatoms. The van der Waals surface area contributed by atoms with Crippen LogP contribution in [-0.4, -0.2) is 31.6 Å². The summed E-state index contributed by atoms with van der Waals surface area (Å²) in [5, 5.41) is 12.5. The molecule has 3 N–H and O–H groups in total. The van der Waals surface area contributed by atoms with Gasteiger partial charge in [-0.05, 0) is 37.1 Å². The molecule has 1 aromatic carbocycles. The van der Waals surface area contributed by atoms with Gasteiger partial charge in [0.15, 0.2) is 0 Å². The van der Waals surface area contributed by atoms with Crippen LogP contribution in [0.1, 0.15) is 25.8 Å². The molecule has 20 heavy (non-hydrogen) atoms. The van der Waals surface area contributed by atoms with Crippen molar-refractivity contribution in [1.82, 2.24) is 4.72 Å². The maximum absolute atomic E-state index is 12.1. The van der Waals surface area contributed by atoms with Crippen LogP contribution in [0.4, 0.5) is 5.69 Å². The molecule has 110 valence electrons. The molecule has 0 bridgehead atoms. The lowest BCUT2D eigenvalue weighted by Gasteiger charge is -2.21. The van der Waals surface area contributed by atoms with Crippen molar-refractivity contribution in [3.05, 3.63) is 23.8 Å². The maximum Gasteiger partial charge on any atom is 0.240 e. The van der Waals surface area contributed by atoms with E-state index < -0.39 is 15.6 Å². The molecule has 0 aromatic heterocycles. The van der Waals surface area contributed by atoms with Gasteiger partial charge in [0.1, 0.15) is 0 Å². The Morgan fingerprint density at radius 2 is 2.15 bits per heavy atom. The first-order valence-electron chi connectivity index (χ1n) is 6.38. The van der Waals surface area contributed by atoms with Crippen molar-refractivity contribution in [3.63, 3.8) is 0 Å². The zero-order valence-corrected chi connectivity index (χ0v) is 12.3. The highest BCUT2D eigenvalue weighted by molar-refractivity contribution is 7.89. The fourth-order valence-electron chi connectivity index (χ4n) is 1.83. The number of hydrogen-bond donors (Lipinski definition) is 3. The summed E-state index contributed by atoms with van der Waals surface area (Å²) in [6.45, 7) is 3.29. The van der Waals surface area contributed by atoms with Crippen molar-refractivity contribution in [2.75, 3.05) is 11.9 Å². The monoisotopic (exact) mass is 298 g/mol. The van der Waals surface area contributed by atoms with Crippen molar-refractivity contribution >= 4 is 21.6 Å². The third-order valence-electron chi connectivity index (χ3n) is 3.42. The average molecular weight is 298 g/mol. The Hall–Kier alpha value is -1.44. The Kier molecular flexibility index (Phi) is 3.86. The average Bonchev–Trinajstić information content (AvgIpc) is 2.76. The Labute approximate surface area is 118 Å². The van der Waals surface area contributed by atoms with Crippen LogP contribution in [0, 0.1) is 0 Å². The number of carbonyl (C=O) groups is 1. The molecule has 1 unspecified atom stereocenters. The fraction of sp³-hybridized carbons (Fsp3) is 0.462. The van der Waals surface area contributed by atoms with Crippen molar-refractivity contribution < 1.29 is 18.3 Å². The minimum atomic E-state index is -3.69. The first kappa shape index (κ1) is 15.0. The van der Waals surface area contributed by atoms with Crippen LogP contribution in [0.15, 0.2) is 23.1 Å². The topological polar surface area (TPSA) is 95.5 Å². The lowest BCUT2D eigenvalue weighted by atomic mass is 10.1. The maximum atomic E-state index is 12.1. The van der Waals surface area contributed by atoms with E-state index in [1.165, 1.54) is 12.1 Å². The third kappa shape index (κ3) is 3.17. The number of nitrogens with one attached hydrogen (secondary N) is 2. The van der Waals surface area contributed by atoms with Crippen LogP contribution in [-0.2, 0) is 21.2 Å². The molecular weight excluding hydrogens is 280 g/mol. The SMILES string of the molecule is CCC(C)(O)CNS(=O)(=O)c1ccc2c(c1)CC(=O)N2. The summed E-state index contributed by atoms with van der Waals surface area (Å²) in [5.41, 5.74) is 0.232. The second-order valence-electron chi connectivity index (χ2n) is 5.22. The van der Waals surface area contributed by atoms with E-state index in [4.69, 9.17) is 0 Å². The predicted molar refractivity (Wildman–Crippen MR) is 74.9 cm³/mol. The first-order valence-corrected chi connectivity index (χ1v) is 7.87. The summed E-state index contributed by atoms with van der Waals surface area (Å²) in [6.07, 6.45) is 0.628. The molecule has 1 atom stereocenters. The van der Waals surface area contributed by atoms with Gasteiger partial charge in [-0.2, -0.15) is 0 Å². The van der Waals surface area contributed by atoms with Crippen LogP contribution in [0.3, 0.4) is 0 Å². The number of fused-ring (bicyclic) bond motifs is 1. The Morgan fingerprint density at radius 3 is 2.80 bits per heavy atom. The van der Waals surface area contributed by atoms with Gasteiger partial charge in [0.05, 0.1) is 16.9 Å². The molecule has 1 heterocycles. The molecule has 1 aliphatic heterocycles. The second kappa shape index (κ2) is 5.16. The summed E-state index contributed by atoms with van der Waals surface area (Å²) >= 11 is 0. The van der Waals surface area contributed by atoms with E-state index >= 15 is 0 Å². The summed E-state index contributed by atoms with van der Waals surface area (Å²) < 4.78 is 26.7. The van der Waals surface area contributed by atoms with Gasteiger partial charge in [0.2, 0.25) is 15.9 Å². The molecule has 0 radical (unpaired) electrons. The molecule has 1 amide bonds. The summed E-state index contributed by atoms with van der Waals surface area (Å²) in [6, 6.07) is 4.50. The molecule has 0 spiro atoms. The van der Waals surface area contributed by atoms with E-state index in [1.807, 2.05) is 0 Å². The zero-order chi connectivity index (χ0) is 15.0. The first-order chi connectivity index (χ1) is 9.23. The van der Waals surface area contributed by atoms with E-state index in [1.54, 1.807) is 19.9 Å². The minimum absolute atomic E-state index is 0.0555. The molecule has 0 aliphatic carbocycles. The number of hydrogen-bond acceptors (Lipinski definition) is 4. The van der Waals surface area contributed by atoms with Gasteiger partial charge in [0.25, 0.3) is 0 Å². The van der Waals surface area contributed by atoms with E-state index in [2.05, 4.69) is 10.0 Å². The van der Waals surface area contributed by atoms with Gasteiger partial charge in [-0.15, -0.1) is 0 Å². The second-order valence-corrected chi connectivity index (χ2v) is 6.99. The van der Waals surface area contributed by atoms with Crippen molar-refractivity contribution in [2.24, 2.45) is 0 Å². The molecule has 1 aliphatic rings. The zero-order valence-electron chi connectivity index (χ0n) is 11.4. The molecule has 0 fully saturated rings. The van der Waals surface area contributed by atoms with Crippen LogP contribution in [0.2, 0.25) is 0 Å². The third-order valence-corrected chi connectivity index (χ3v) is 4.82. The smallest absolute Gasteiger partial charge is 0.240 e. The lowest BCUT2D eigenvalue weighted by molar-refractivity contribution is -0.115. The van der Waals surface area contributed by atoms with E-state index in [9.17, 15) is 18.3 Å². The molecule has 0 saturated heterocycles. The van der Waals surface area contributed by atoms with Gasteiger partial charge >= 0.3 is 0 Å². The van der Waals surface area contributed by atoms with Gasteiger partial charge in [-0.1, -0.05) is 6.92 Å². The number of carbonyl (C=O) groups excluding carboxylic acids is 1. The van der Waals surface area contributed by atoms with Crippen molar-refractivity contribution in [1.29, 1.82) is 0 Å². The van der Waals surface area contributed by atoms with Crippen molar-refractivity contribution in [3.8, 4) is 0 Å². The summed E-state index contributed by atoms with van der Waals surface area (Å²) in [5.74, 6) is -0.142. The highest BCUT2D eigenvalue weighted by Gasteiger charge is 2.24. The normalized spacial score (nSPS) is 17.4. The van der Waals surface area contributed by atoms with E-state index in [0.29, 0.717) is 17.7 Å². The Balaban J connectivity index is 2.19. The van der Waals surface area contributed by atoms with Gasteiger partial charge in [-0.25, -0.2) is 13.1 Å². The molecule has 2 rings (SSSR count). The number of anilines is 1. The van der Waals surface area contributed by atoms with E-state index in [-0.39, 0.29) is 23.8 Å². The molecular formula is C13H18N2O4S. The molecule has 1 aromatic rings. The number of rotatable bonds is 5. The van der Waals surface area contributed by atoms with Crippen LogP contribution in [0.25, 0.3) is 0 Å². The molecule has 6 nitrogen and oxygen atoms in total. The van der Waals surface area contributed by atoms with Gasteiger partial charge in [-0.3, -0.25) is 4.79 Å².